The van der Waals surface area contributed by atoms with Gasteiger partial charge in [0.2, 0.25) is 0 Å². The van der Waals surface area contributed by atoms with Gasteiger partial charge in [-0.1, -0.05) is 11.2 Å². The van der Waals surface area contributed by atoms with Gasteiger partial charge in [-0.3, -0.25) is 0 Å². The van der Waals surface area contributed by atoms with Gasteiger partial charge in [0.15, 0.2) is 5.82 Å². The van der Waals surface area contributed by atoms with Crippen LogP contribution >= 0.6 is 0 Å². The van der Waals surface area contributed by atoms with E-state index in [0.717, 1.165) is 38.2 Å². The van der Waals surface area contributed by atoms with Gasteiger partial charge >= 0.3 is 6.03 Å². The van der Waals surface area contributed by atoms with E-state index in [1.165, 1.54) is 0 Å². The molecule has 1 unspecified atom stereocenters. The highest BCUT2D eigenvalue weighted by Gasteiger charge is 2.51. The second-order valence-electron chi connectivity index (χ2n) is 6.45. The molecule has 1 aliphatic carbocycles. The first-order valence-corrected chi connectivity index (χ1v) is 8.20. The Morgan fingerprint density at radius 2 is 2.29 bits per heavy atom. The second-order valence-corrected chi connectivity index (χ2v) is 6.45. The second kappa shape index (κ2) is 5.77. The van der Waals surface area contributed by atoms with Crippen LogP contribution in [0.2, 0.25) is 0 Å². The lowest BCUT2D eigenvalue weighted by molar-refractivity contribution is 0.227. The zero-order valence-electron chi connectivity index (χ0n) is 13.5. The fraction of sp³-hybridized carbons (Fsp3) is 0.500. The van der Waals surface area contributed by atoms with Crippen molar-refractivity contribution in [3.63, 3.8) is 0 Å². The average Bonchev–Trinajstić information content (AvgIpc) is 2.99. The minimum atomic E-state index is -0.482. The number of carbonyl (C=O) groups excluding carboxylic acids is 1. The maximum Gasteiger partial charge on any atom is 0.315 e. The predicted octanol–water partition coefficient (Wildman–Crippen LogP) is 1.34. The van der Waals surface area contributed by atoms with E-state index in [4.69, 9.17) is 4.52 Å². The number of rotatable bonds is 4. The number of pyridine rings is 1. The van der Waals surface area contributed by atoms with Crippen molar-refractivity contribution in [2.75, 3.05) is 18.0 Å². The van der Waals surface area contributed by atoms with E-state index in [1.54, 1.807) is 13.1 Å². The van der Waals surface area contributed by atoms with E-state index < -0.39 is 5.54 Å². The molecule has 8 heteroatoms. The molecule has 1 atom stereocenters. The predicted molar refractivity (Wildman–Crippen MR) is 86.5 cm³/mol. The number of urea groups is 1. The largest absolute Gasteiger partial charge is 0.354 e. The van der Waals surface area contributed by atoms with E-state index in [2.05, 4.69) is 30.7 Å². The fourth-order valence-electron chi connectivity index (χ4n) is 3.07. The first-order chi connectivity index (χ1) is 11.6. The molecule has 126 valence electrons. The van der Waals surface area contributed by atoms with Gasteiger partial charge < -0.3 is 20.1 Å². The summed E-state index contributed by atoms with van der Waals surface area (Å²) in [5.41, 5.74) is -0.482. The van der Waals surface area contributed by atoms with Crippen molar-refractivity contribution < 1.29 is 9.32 Å². The van der Waals surface area contributed by atoms with Crippen molar-refractivity contribution in [3.8, 4) is 0 Å². The molecule has 4 rings (SSSR count). The number of amides is 2. The summed E-state index contributed by atoms with van der Waals surface area (Å²) in [6.07, 6.45) is 4.34. The van der Waals surface area contributed by atoms with Crippen molar-refractivity contribution in [3.05, 3.63) is 36.1 Å². The highest BCUT2D eigenvalue weighted by molar-refractivity contribution is 5.76. The van der Waals surface area contributed by atoms with Crippen LogP contribution in [0.25, 0.3) is 0 Å². The highest BCUT2D eigenvalue weighted by Crippen LogP contribution is 2.44. The van der Waals surface area contributed by atoms with E-state index in [9.17, 15) is 4.79 Å². The molecule has 1 aliphatic heterocycles. The van der Waals surface area contributed by atoms with E-state index in [-0.39, 0.29) is 12.1 Å². The first-order valence-electron chi connectivity index (χ1n) is 8.20. The molecule has 2 aromatic heterocycles. The van der Waals surface area contributed by atoms with Crippen LogP contribution in [-0.2, 0) is 5.54 Å². The van der Waals surface area contributed by atoms with Crippen LogP contribution in [0.15, 0.2) is 28.9 Å². The maximum absolute atomic E-state index is 12.3. The van der Waals surface area contributed by atoms with Crippen molar-refractivity contribution in [1.29, 1.82) is 0 Å². The zero-order chi connectivity index (χ0) is 16.6. The number of hydrogen-bond donors (Lipinski definition) is 2. The molecule has 0 radical (unpaired) electrons. The van der Waals surface area contributed by atoms with E-state index >= 15 is 0 Å². The van der Waals surface area contributed by atoms with E-state index in [1.807, 2.05) is 18.2 Å². The van der Waals surface area contributed by atoms with Crippen molar-refractivity contribution in [2.45, 2.75) is 37.8 Å². The molecule has 1 saturated heterocycles. The number of nitrogens with one attached hydrogen (secondary N) is 2. The normalized spacial score (nSPS) is 21.5. The molecular formula is C16H20N6O2. The minimum Gasteiger partial charge on any atom is -0.354 e. The van der Waals surface area contributed by atoms with Crippen LogP contribution in [0.1, 0.15) is 31.0 Å². The Bertz CT molecular complexity index is 727. The van der Waals surface area contributed by atoms with Crippen LogP contribution in [0.5, 0.6) is 0 Å². The molecule has 2 aromatic rings. The van der Waals surface area contributed by atoms with Crippen LogP contribution in [0, 0.1) is 6.92 Å². The third-order valence-corrected chi connectivity index (χ3v) is 4.54. The summed E-state index contributed by atoms with van der Waals surface area (Å²) in [6.45, 7) is 3.42. The molecule has 0 aromatic carbocycles. The van der Waals surface area contributed by atoms with Gasteiger partial charge in [-0.05, 0) is 38.3 Å². The Morgan fingerprint density at radius 1 is 1.42 bits per heavy atom. The maximum atomic E-state index is 12.3. The van der Waals surface area contributed by atoms with Crippen molar-refractivity contribution >= 4 is 11.8 Å². The minimum absolute atomic E-state index is 0.104. The standard InChI is InChI=1S/C16H20N6O2/c1-11-18-14(24-21-11)16(6-7-16)20-15(23)19-12-5-9-22(10-12)13-4-2-3-8-17-13/h2-4,8,12H,5-7,9-10H2,1H3,(H2,19,20,23). The molecule has 24 heavy (non-hydrogen) atoms. The van der Waals surface area contributed by atoms with Crippen LogP contribution < -0.4 is 15.5 Å². The van der Waals surface area contributed by atoms with Crippen molar-refractivity contribution in [1.82, 2.24) is 25.8 Å². The number of aryl methyl sites for hydroxylation is 1. The first kappa shape index (κ1) is 14.9. The molecule has 2 amide bonds. The summed E-state index contributed by atoms with van der Waals surface area (Å²) >= 11 is 0. The molecule has 0 bridgehead atoms. The SMILES string of the molecule is Cc1noc(C2(NC(=O)NC3CCN(c4ccccn4)C3)CC2)n1. The highest BCUT2D eigenvalue weighted by atomic mass is 16.5. The third kappa shape index (κ3) is 2.91. The number of aromatic nitrogens is 3. The van der Waals surface area contributed by atoms with Gasteiger partial charge in [-0.2, -0.15) is 4.98 Å². The van der Waals surface area contributed by atoms with Gasteiger partial charge in [0, 0.05) is 25.3 Å². The Kier molecular flexibility index (Phi) is 3.59. The molecular weight excluding hydrogens is 308 g/mol. The van der Waals surface area contributed by atoms with Gasteiger partial charge in [0.25, 0.3) is 5.89 Å². The Hall–Kier alpha value is -2.64. The molecule has 8 nitrogen and oxygen atoms in total. The lowest BCUT2D eigenvalue weighted by atomic mass is 10.2. The smallest absolute Gasteiger partial charge is 0.315 e. The number of hydrogen-bond acceptors (Lipinski definition) is 6. The molecule has 0 spiro atoms. The van der Waals surface area contributed by atoms with Crippen LogP contribution in [-0.4, -0.2) is 40.3 Å². The molecule has 2 fully saturated rings. The van der Waals surface area contributed by atoms with Gasteiger partial charge in [0.05, 0.1) is 0 Å². The summed E-state index contributed by atoms with van der Waals surface area (Å²) in [4.78, 5) is 23.1. The summed E-state index contributed by atoms with van der Waals surface area (Å²) in [7, 11) is 0. The van der Waals surface area contributed by atoms with Crippen LogP contribution in [0.3, 0.4) is 0 Å². The van der Waals surface area contributed by atoms with Gasteiger partial charge in [-0.25, -0.2) is 9.78 Å². The lowest BCUT2D eigenvalue weighted by Crippen LogP contribution is -2.47. The average molecular weight is 328 g/mol. The number of anilines is 1. The zero-order valence-corrected chi connectivity index (χ0v) is 13.5. The monoisotopic (exact) mass is 328 g/mol. The fourth-order valence-corrected chi connectivity index (χ4v) is 3.07. The molecule has 2 aliphatic rings. The number of carbonyl (C=O) groups is 1. The van der Waals surface area contributed by atoms with Crippen molar-refractivity contribution in [2.24, 2.45) is 0 Å². The molecule has 3 heterocycles. The Morgan fingerprint density at radius 3 is 2.96 bits per heavy atom. The lowest BCUT2D eigenvalue weighted by Gasteiger charge is -2.19. The Balaban J connectivity index is 1.33. The van der Waals surface area contributed by atoms with E-state index in [0.29, 0.717) is 11.7 Å². The van der Waals surface area contributed by atoms with Gasteiger partial charge in [0.1, 0.15) is 11.4 Å². The van der Waals surface area contributed by atoms with Gasteiger partial charge in [-0.15, -0.1) is 0 Å². The molecule has 1 saturated carbocycles. The summed E-state index contributed by atoms with van der Waals surface area (Å²) in [6, 6.07) is 5.78. The summed E-state index contributed by atoms with van der Waals surface area (Å²) in [5, 5.41) is 9.85. The topological polar surface area (TPSA) is 96.2 Å². The molecule has 2 N–H and O–H groups in total. The Labute approximate surface area is 139 Å². The third-order valence-electron chi connectivity index (χ3n) is 4.54. The summed E-state index contributed by atoms with van der Waals surface area (Å²) < 4.78 is 5.22. The van der Waals surface area contributed by atoms with Crippen LogP contribution in [0.4, 0.5) is 10.6 Å². The quantitative estimate of drug-likeness (QED) is 0.879. The number of nitrogens with zero attached hydrogens (tertiary/aromatic N) is 4. The summed E-state index contributed by atoms with van der Waals surface area (Å²) in [5.74, 6) is 2.03.